The normalized spacial score (nSPS) is 9.86. The Bertz CT molecular complexity index is 621. The van der Waals surface area contributed by atoms with Crippen LogP contribution in [0.2, 0.25) is 0 Å². The van der Waals surface area contributed by atoms with Crippen molar-refractivity contribution in [1.82, 2.24) is 4.98 Å². The first kappa shape index (κ1) is 15.6. The van der Waals surface area contributed by atoms with E-state index >= 15 is 0 Å². The number of hydrogen-bond acceptors (Lipinski definition) is 4. The molecule has 5 heteroatoms. The van der Waals surface area contributed by atoms with E-state index in [0.29, 0.717) is 18.7 Å². The molecule has 5 nitrogen and oxygen atoms in total. The maximum absolute atomic E-state index is 12.0. The van der Waals surface area contributed by atoms with Crippen molar-refractivity contribution in [2.75, 3.05) is 24.3 Å². The second-order valence-electron chi connectivity index (χ2n) is 4.67. The van der Waals surface area contributed by atoms with Crippen molar-refractivity contribution in [2.24, 2.45) is 0 Å². The molecule has 0 bridgehead atoms. The van der Waals surface area contributed by atoms with E-state index in [1.165, 1.54) is 0 Å². The molecule has 0 aliphatic heterocycles. The highest BCUT2D eigenvalue weighted by molar-refractivity contribution is 5.92. The number of carbonyl (C=O) groups excluding carboxylic acids is 1. The van der Waals surface area contributed by atoms with Gasteiger partial charge in [0.1, 0.15) is 11.6 Å². The molecule has 0 saturated carbocycles. The maximum Gasteiger partial charge on any atom is 0.228 e. The SMILES string of the molecule is C=CCNc1ccc(NC(=O)Cc2ccc(OC)cc2)cn1. The van der Waals surface area contributed by atoms with Crippen LogP contribution in [0.15, 0.2) is 55.3 Å². The molecule has 0 radical (unpaired) electrons. The third-order valence-electron chi connectivity index (χ3n) is 3.00. The van der Waals surface area contributed by atoms with E-state index in [4.69, 9.17) is 4.74 Å². The molecule has 1 heterocycles. The summed E-state index contributed by atoms with van der Waals surface area (Å²) in [5.41, 5.74) is 1.60. The summed E-state index contributed by atoms with van der Waals surface area (Å²) < 4.78 is 5.09. The third kappa shape index (κ3) is 4.63. The van der Waals surface area contributed by atoms with E-state index < -0.39 is 0 Å². The molecule has 114 valence electrons. The van der Waals surface area contributed by atoms with Gasteiger partial charge in [-0.3, -0.25) is 4.79 Å². The number of carbonyl (C=O) groups is 1. The van der Waals surface area contributed by atoms with Gasteiger partial charge in [0.25, 0.3) is 0 Å². The summed E-state index contributed by atoms with van der Waals surface area (Å²) in [4.78, 5) is 16.2. The standard InChI is InChI=1S/C17H19N3O2/c1-3-10-18-16-9-6-14(12-19-16)20-17(21)11-13-4-7-15(22-2)8-5-13/h3-9,12H,1,10-11H2,2H3,(H,18,19)(H,20,21). The van der Waals surface area contributed by atoms with Crippen LogP contribution in [0.5, 0.6) is 5.75 Å². The number of rotatable bonds is 7. The van der Waals surface area contributed by atoms with Gasteiger partial charge in [0, 0.05) is 6.54 Å². The van der Waals surface area contributed by atoms with Gasteiger partial charge in [-0.15, -0.1) is 6.58 Å². The second-order valence-corrected chi connectivity index (χ2v) is 4.67. The van der Waals surface area contributed by atoms with E-state index in [2.05, 4.69) is 22.2 Å². The Morgan fingerprint density at radius 3 is 2.64 bits per heavy atom. The minimum absolute atomic E-state index is 0.0845. The average molecular weight is 297 g/mol. The first-order valence-electron chi connectivity index (χ1n) is 6.95. The fraction of sp³-hybridized carbons (Fsp3) is 0.176. The van der Waals surface area contributed by atoms with Crippen molar-refractivity contribution >= 4 is 17.4 Å². The minimum atomic E-state index is -0.0845. The van der Waals surface area contributed by atoms with Crippen molar-refractivity contribution in [3.8, 4) is 5.75 Å². The Morgan fingerprint density at radius 1 is 1.27 bits per heavy atom. The molecule has 2 aromatic rings. The number of aromatic nitrogens is 1. The van der Waals surface area contributed by atoms with Crippen LogP contribution in [0.1, 0.15) is 5.56 Å². The lowest BCUT2D eigenvalue weighted by Crippen LogP contribution is -2.14. The summed E-state index contributed by atoms with van der Waals surface area (Å²) in [6.07, 6.45) is 3.68. The van der Waals surface area contributed by atoms with Crippen molar-refractivity contribution in [2.45, 2.75) is 6.42 Å². The maximum atomic E-state index is 12.0. The number of anilines is 2. The molecular weight excluding hydrogens is 278 g/mol. The molecular formula is C17H19N3O2. The molecule has 1 aromatic heterocycles. The van der Waals surface area contributed by atoms with E-state index in [0.717, 1.165) is 17.1 Å². The molecule has 2 N–H and O–H groups in total. The van der Waals surface area contributed by atoms with Gasteiger partial charge in [0.15, 0.2) is 0 Å². The van der Waals surface area contributed by atoms with Gasteiger partial charge in [-0.25, -0.2) is 4.98 Å². The number of methoxy groups -OCH3 is 1. The summed E-state index contributed by atoms with van der Waals surface area (Å²) in [7, 11) is 1.61. The molecule has 0 saturated heterocycles. The highest BCUT2D eigenvalue weighted by Crippen LogP contribution is 2.13. The van der Waals surface area contributed by atoms with E-state index in [-0.39, 0.29) is 5.91 Å². The average Bonchev–Trinajstić information content (AvgIpc) is 2.55. The zero-order valence-corrected chi connectivity index (χ0v) is 12.5. The number of hydrogen-bond donors (Lipinski definition) is 2. The molecule has 0 unspecified atom stereocenters. The van der Waals surface area contributed by atoms with Gasteiger partial charge in [-0.1, -0.05) is 18.2 Å². The molecule has 1 aromatic carbocycles. The van der Waals surface area contributed by atoms with E-state index in [1.807, 2.05) is 36.4 Å². The Balaban J connectivity index is 1.89. The number of nitrogens with zero attached hydrogens (tertiary/aromatic N) is 1. The van der Waals surface area contributed by atoms with E-state index in [1.54, 1.807) is 19.4 Å². The zero-order chi connectivity index (χ0) is 15.8. The highest BCUT2D eigenvalue weighted by Gasteiger charge is 2.05. The van der Waals surface area contributed by atoms with Crippen LogP contribution in [-0.2, 0) is 11.2 Å². The minimum Gasteiger partial charge on any atom is -0.497 e. The van der Waals surface area contributed by atoms with Gasteiger partial charge in [-0.2, -0.15) is 0 Å². The predicted octanol–water partition coefficient (Wildman–Crippen LogP) is 2.87. The fourth-order valence-electron chi connectivity index (χ4n) is 1.88. The smallest absolute Gasteiger partial charge is 0.228 e. The van der Waals surface area contributed by atoms with E-state index in [9.17, 15) is 4.79 Å². The van der Waals surface area contributed by atoms with Crippen molar-refractivity contribution < 1.29 is 9.53 Å². The van der Waals surface area contributed by atoms with Gasteiger partial charge in [0.05, 0.1) is 25.4 Å². The van der Waals surface area contributed by atoms with Crippen LogP contribution in [0, 0.1) is 0 Å². The van der Waals surface area contributed by atoms with Gasteiger partial charge in [0.2, 0.25) is 5.91 Å². The second kappa shape index (κ2) is 7.83. The van der Waals surface area contributed by atoms with Crippen molar-refractivity contribution in [3.05, 3.63) is 60.8 Å². The third-order valence-corrected chi connectivity index (χ3v) is 3.00. The molecule has 0 aliphatic carbocycles. The molecule has 1 amide bonds. The Hall–Kier alpha value is -2.82. The van der Waals surface area contributed by atoms with Crippen LogP contribution < -0.4 is 15.4 Å². The number of pyridine rings is 1. The fourth-order valence-corrected chi connectivity index (χ4v) is 1.88. The van der Waals surface area contributed by atoms with Crippen molar-refractivity contribution in [3.63, 3.8) is 0 Å². The molecule has 0 atom stereocenters. The number of ether oxygens (including phenoxy) is 1. The first-order valence-corrected chi connectivity index (χ1v) is 6.95. The van der Waals surface area contributed by atoms with Gasteiger partial charge in [-0.05, 0) is 29.8 Å². The zero-order valence-electron chi connectivity index (χ0n) is 12.5. The molecule has 2 rings (SSSR count). The molecule has 22 heavy (non-hydrogen) atoms. The Labute approximate surface area is 130 Å². The van der Waals surface area contributed by atoms with Crippen LogP contribution in [0.4, 0.5) is 11.5 Å². The summed E-state index contributed by atoms with van der Waals surface area (Å²) in [6, 6.07) is 11.0. The molecule has 0 aliphatic rings. The predicted molar refractivity (Wildman–Crippen MR) is 88.3 cm³/mol. The topological polar surface area (TPSA) is 63.2 Å². The Morgan fingerprint density at radius 2 is 2.05 bits per heavy atom. The molecule has 0 fully saturated rings. The summed E-state index contributed by atoms with van der Waals surface area (Å²) in [6.45, 7) is 4.28. The van der Waals surface area contributed by atoms with Crippen LogP contribution in [-0.4, -0.2) is 24.5 Å². The van der Waals surface area contributed by atoms with Crippen molar-refractivity contribution in [1.29, 1.82) is 0 Å². The van der Waals surface area contributed by atoms with Crippen LogP contribution in [0.3, 0.4) is 0 Å². The summed E-state index contributed by atoms with van der Waals surface area (Å²) in [5.74, 6) is 1.43. The summed E-state index contributed by atoms with van der Waals surface area (Å²) in [5, 5.41) is 5.89. The van der Waals surface area contributed by atoms with Crippen LogP contribution >= 0.6 is 0 Å². The monoisotopic (exact) mass is 297 g/mol. The number of amides is 1. The largest absolute Gasteiger partial charge is 0.497 e. The quantitative estimate of drug-likeness (QED) is 0.771. The Kier molecular flexibility index (Phi) is 5.54. The van der Waals surface area contributed by atoms with Gasteiger partial charge >= 0.3 is 0 Å². The molecule has 0 spiro atoms. The number of benzene rings is 1. The highest BCUT2D eigenvalue weighted by atomic mass is 16.5. The lowest BCUT2D eigenvalue weighted by atomic mass is 10.1. The van der Waals surface area contributed by atoms with Gasteiger partial charge < -0.3 is 15.4 Å². The number of nitrogens with one attached hydrogen (secondary N) is 2. The first-order chi connectivity index (χ1) is 10.7. The van der Waals surface area contributed by atoms with Crippen LogP contribution in [0.25, 0.3) is 0 Å². The lowest BCUT2D eigenvalue weighted by molar-refractivity contribution is -0.115. The summed E-state index contributed by atoms with van der Waals surface area (Å²) >= 11 is 0. The lowest BCUT2D eigenvalue weighted by Gasteiger charge is -2.07.